The van der Waals surface area contributed by atoms with Gasteiger partial charge in [-0.25, -0.2) is 13.1 Å². The van der Waals surface area contributed by atoms with Crippen molar-refractivity contribution in [1.29, 1.82) is 0 Å². The molecular formula is C15H26N2O3S. The first-order valence-electron chi connectivity index (χ1n) is 7.46. The summed E-state index contributed by atoms with van der Waals surface area (Å²) in [7, 11) is -3.44. The molecule has 0 atom stereocenters. The Balaban J connectivity index is 2.42. The summed E-state index contributed by atoms with van der Waals surface area (Å²) >= 11 is 0. The Hall–Kier alpha value is -0.950. The molecule has 0 aliphatic carbocycles. The average molecular weight is 314 g/mol. The van der Waals surface area contributed by atoms with Crippen LogP contribution >= 0.6 is 0 Å². The topological polar surface area (TPSA) is 81.4 Å². The van der Waals surface area contributed by atoms with Crippen molar-refractivity contribution >= 4 is 10.0 Å². The van der Waals surface area contributed by atoms with Crippen LogP contribution in [0.15, 0.2) is 29.2 Å². The highest BCUT2D eigenvalue weighted by Gasteiger charge is 2.12. The smallest absolute Gasteiger partial charge is 0.240 e. The Morgan fingerprint density at radius 3 is 2.48 bits per heavy atom. The maximum atomic E-state index is 12.1. The summed E-state index contributed by atoms with van der Waals surface area (Å²) < 4.78 is 32.0. The molecule has 0 amide bonds. The third-order valence-corrected chi connectivity index (χ3v) is 4.56. The van der Waals surface area contributed by atoms with E-state index in [0.717, 1.165) is 31.2 Å². The number of ether oxygens (including phenoxy) is 1. The maximum absolute atomic E-state index is 12.1. The molecule has 21 heavy (non-hydrogen) atoms. The standard InChI is InChI=1S/C15H26N2O3S/c1-2-3-12-20-13-11-17-21(18,19)15-8-6-14(7-9-15)5-4-10-16/h6-9,17H,2-5,10-13,16H2,1H3. The minimum Gasteiger partial charge on any atom is -0.380 e. The maximum Gasteiger partial charge on any atom is 0.240 e. The number of nitrogens with two attached hydrogens (primary N) is 1. The summed E-state index contributed by atoms with van der Waals surface area (Å²) in [5.41, 5.74) is 6.56. The third-order valence-electron chi connectivity index (χ3n) is 3.08. The van der Waals surface area contributed by atoms with Crippen LogP contribution in [0.25, 0.3) is 0 Å². The first-order chi connectivity index (χ1) is 10.1. The molecule has 0 aliphatic rings. The van der Waals surface area contributed by atoms with Gasteiger partial charge < -0.3 is 10.5 Å². The zero-order chi connectivity index (χ0) is 15.6. The molecule has 1 aromatic rings. The van der Waals surface area contributed by atoms with Gasteiger partial charge in [0, 0.05) is 13.2 Å². The van der Waals surface area contributed by atoms with Crippen molar-refractivity contribution in [2.45, 2.75) is 37.5 Å². The van der Waals surface area contributed by atoms with E-state index in [2.05, 4.69) is 11.6 Å². The van der Waals surface area contributed by atoms with Crippen molar-refractivity contribution in [2.24, 2.45) is 5.73 Å². The van der Waals surface area contributed by atoms with E-state index in [1.165, 1.54) is 0 Å². The Morgan fingerprint density at radius 1 is 1.14 bits per heavy atom. The fraction of sp³-hybridized carbons (Fsp3) is 0.600. The van der Waals surface area contributed by atoms with Crippen LogP contribution < -0.4 is 10.5 Å². The Morgan fingerprint density at radius 2 is 1.86 bits per heavy atom. The molecule has 0 radical (unpaired) electrons. The third kappa shape index (κ3) is 7.04. The van der Waals surface area contributed by atoms with Crippen LogP contribution in [0.2, 0.25) is 0 Å². The molecular weight excluding hydrogens is 288 g/mol. The minimum absolute atomic E-state index is 0.285. The first kappa shape index (κ1) is 18.1. The van der Waals surface area contributed by atoms with E-state index in [1.807, 2.05) is 12.1 Å². The van der Waals surface area contributed by atoms with Gasteiger partial charge in [-0.1, -0.05) is 25.5 Å². The molecule has 0 saturated heterocycles. The van der Waals surface area contributed by atoms with Crippen LogP contribution in [0.5, 0.6) is 0 Å². The van der Waals surface area contributed by atoms with Crippen molar-refractivity contribution < 1.29 is 13.2 Å². The van der Waals surface area contributed by atoms with Crippen molar-refractivity contribution in [2.75, 3.05) is 26.3 Å². The molecule has 0 spiro atoms. The number of rotatable bonds is 11. The lowest BCUT2D eigenvalue weighted by atomic mass is 10.1. The fourth-order valence-electron chi connectivity index (χ4n) is 1.82. The van der Waals surface area contributed by atoms with Crippen LogP contribution in [0.1, 0.15) is 31.7 Å². The molecule has 0 unspecified atom stereocenters. The molecule has 5 nitrogen and oxygen atoms in total. The van der Waals surface area contributed by atoms with E-state index in [4.69, 9.17) is 10.5 Å². The van der Waals surface area contributed by atoms with Crippen molar-refractivity contribution in [3.8, 4) is 0 Å². The monoisotopic (exact) mass is 314 g/mol. The lowest BCUT2D eigenvalue weighted by Gasteiger charge is -2.08. The molecule has 1 aromatic carbocycles. The van der Waals surface area contributed by atoms with Gasteiger partial charge in [0.15, 0.2) is 0 Å². The second-order valence-electron chi connectivity index (χ2n) is 4.90. The molecule has 0 saturated carbocycles. The number of unbranched alkanes of at least 4 members (excludes halogenated alkanes) is 1. The number of hydrogen-bond acceptors (Lipinski definition) is 4. The van der Waals surface area contributed by atoms with Crippen molar-refractivity contribution in [3.63, 3.8) is 0 Å². The van der Waals surface area contributed by atoms with E-state index >= 15 is 0 Å². The highest BCUT2D eigenvalue weighted by molar-refractivity contribution is 7.89. The van der Waals surface area contributed by atoms with Gasteiger partial charge in [0.25, 0.3) is 0 Å². The van der Waals surface area contributed by atoms with Crippen LogP contribution in [-0.2, 0) is 21.2 Å². The predicted molar refractivity (Wildman–Crippen MR) is 84.7 cm³/mol. The predicted octanol–water partition coefficient (Wildman–Crippen LogP) is 1.67. The van der Waals surface area contributed by atoms with Crippen LogP contribution in [0, 0.1) is 0 Å². The van der Waals surface area contributed by atoms with E-state index < -0.39 is 10.0 Å². The van der Waals surface area contributed by atoms with Gasteiger partial charge in [-0.2, -0.15) is 0 Å². The number of sulfonamides is 1. The number of hydrogen-bond donors (Lipinski definition) is 2. The average Bonchev–Trinajstić information content (AvgIpc) is 2.49. The minimum atomic E-state index is -3.44. The molecule has 3 N–H and O–H groups in total. The van der Waals surface area contributed by atoms with Crippen LogP contribution in [0.4, 0.5) is 0 Å². The van der Waals surface area contributed by atoms with Gasteiger partial charge in [-0.15, -0.1) is 0 Å². The van der Waals surface area contributed by atoms with Crippen molar-refractivity contribution in [3.05, 3.63) is 29.8 Å². The largest absolute Gasteiger partial charge is 0.380 e. The summed E-state index contributed by atoms with van der Waals surface area (Å²) in [5.74, 6) is 0. The molecule has 120 valence electrons. The van der Waals surface area contributed by atoms with Crippen molar-refractivity contribution in [1.82, 2.24) is 4.72 Å². The van der Waals surface area contributed by atoms with E-state index in [9.17, 15) is 8.42 Å². The highest BCUT2D eigenvalue weighted by Crippen LogP contribution is 2.11. The second-order valence-corrected chi connectivity index (χ2v) is 6.67. The number of aryl methyl sites for hydroxylation is 1. The molecule has 0 aromatic heterocycles. The van der Waals surface area contributed by atoms with E-state index in [-0.39, 0.29) is 4.90 Å². The fourth-order valence-corrected chi connectivity index (χ4v) is 2.83. The van der Waals surface area contributed by atoms with Gasteiger partial charge in [0.05, 0.1) is 11.5 Å². The van der Waals surface area contributed by atoms with Crippen LogP contribution in [0.3, 0.4) is 0 Å². The molecule has 0 aliphatic heterocycles. The van der Waals surface area contributed by atoms with E-state index in [0.29, 0.717) is 26.3 Å². The van der Waals surface area contributed by atoms with E-state index in [1.54, 1.807) is 12.1 Å². The Kier molecular flexibility index (Phi) is 8.52. The molecule has 0 bridgehead atoms. The molecule has 0 fully saturated rings. The molecule has 0 heterocycles. The zero-order valence-corrected chi connectivity index (χ0v) is 13.5. The SMILES string of the molecule is CCCCOCCNS(=O)(=O)c1ccc(CCCN)cc1. The molecule has 6 heteroatoms. The van der Waals surface area contributed by atoms with Gasteiger partial charge in [-0.3, -0.25) is 0 Å². The lowest BCUT2D eigenvalue weighted by Crippen LogP contribution is -2.27. The van der Waals surface area contributed by atoms with Gasteiger partial charge >= 0.3 is 0 Å². The van der Waals surface area contributed by atoms with Gasteiger partial charge in [0.1, 0.15) is 0 Å². The molecule has 1 rings (SSSR count). The quantitative estimate of drug-likeness (QED) is 0.609. The number of nitrogens with one attached hydrogen (secondary N) is 1. The van der Waals surface area contributed by atoms with Gasteiger partial charge in [0.2, 0.25) is 10.0 Å². The zero-order valence-electron chi connectivity index (χ0n) is 12.7. The summed E-state index contributed by atoms with van der Waals surface area (Å²) in [5, 5.41) is 0. The normalized spacial score (nSPS) is 11.7. The Labute approximate surface area is 127 Å². The lowest BCUT2D eigenvalue weighted by molar-refractivity contribution is 0.136. The second kappa shape index (κ2) is 9.89. The summed E-state index contributed by atoms with van der Waals surface area (Å²) in [4.78, 5) is 0.285. The van der Waals surface area contributed by atoms with Crippen LogP contribution in [-0.4, -0.2) is 34.7 Å². The first-order valence-corrected chi connectivity index (χ1v) is 8.95. The number of benzene rings is 1. The summed E-state index contributed by atoms with van der Waals surface area (Å²) in [6, 6.07) is 6.93. The summed E-state index contributed by atoms with van der Waals surface area (Å²) in [6.07, 6.45) is 3.84. The Bertz CT molecular complexity index is 486. The van der Waals surface area contributed by atoms with Gasteiger partial charge in [-0.05, 0) is 43.5 Å². The highest BCUT2D eigenvalue weighted by atomic mass is 32.2. The summed E-state index contributed by atoms with van der Waals surface area (Å²) in [6.45, 7) is 4.09.